The van der Waals surface area contributed by atoms with Gasteiger partial charge in [0.2, 0.25) is 5.91 Å². The Balaban J connectivity index is 2.60. The molecule has 0 radical (unpaired) electrons. The fourth-order valence-corrected chi connectivity index (χ4v) is 2.87. The molecular weight excluding hydrogens is 360 g/mol. The van der Waals surface area contributed by atoms with Gasteiger partial charge < -0.3 is 9.64 Å². The van der Waals surface area contributed by atoms with Crippen LogP contribution in [0.4, 0.5) is 0 Å². The Morgan fingerprint density at radius 3 is 2.28 bits per heavy atom. The first-order valence-electron chi connectivity index (χ1n) is 10.0. The van der Waals surface area contributed by atoms with Gasteiger partial charge in [0.15, 0.2) is 0 Å². The van der Waals surface area contributed by atoms with E-state index in [2.05, 4.69) is 58.7 Å². The van der Waals surface area contributed by atoms with Gasteiger partial charge in [-0.25, -0.2) is 0 Å². The molecule has 1 amide bonds. The highest BCUT2D eigenvalue weighted by molar-refractivity contribution is 5.92. The van der Waals surface area contributed by atoms with Crippen LogP contribution >= 0.6 is 0 Å². The van der Waals surface area contributed by atoms with E-state index >= 15 is 0 Å². The molecule has 0 bridgehead atoms. The van der Waals surface area contributed by atoms with E-state index in [1.165, 1.54) is 5.56 Å². The van der Waals surface area contributed by atoms with E-state index in [9.17, 15) is 4.79 Å². The molecule has 1 aromatic heterocycles. The maximum absolute atomic E-state index is 12.2. The molecule has 4 nitrogen and oxygen atoms in total. The molecule has 2 rings (SSSR count). The number of amides is 1. The predicted octanol–water partition coefficient (Wildman–Crippen LogP) is 5.36. The topological polar surface area (TPSA) is 42.4 Å². The molecule has 0 aliphatic rings. The summed E-state index contributed by atoms with van der Waals surface area (Å²) in [6, 6.07) is 10.2. The lowest BCUT2D eigenvalue weighted by Gasteiger charge is -2.29. The Labute approximate surface area is 175 Å². The van der Waals surface area contributed by atoms with E-state index in [4.69, 9.17) is 4.74 Å². The third-order valence-electron chi connectivity index (χ3n) is 4.73. The average Bonchev–Trinajstić information content (AvgIpc) is 2.63. The summed E-state index contributed by atoms with van der Waals surface area (Å²) in [6.45, 7) is 13.5. The molecule has 4 heteroatoms. The lowest BCUT2D eigenvalue weighted by atomic mass is 9.79. The Morgan fingerprint density at radius 2 is 1.76 bits per heavy atom. The maximum atomic E-state index is 12.2. The second-order valence-corrected chi connectivity index (χ2v) is 9.62. The molecular formula is C25H34N2O2. The van der Waals surface area contributed by atoms with Gasteiger partial charge in [0.1, 0.15) is 12.4 Å². The van der Waals surface area contributed by atoms with E-state index in [-0.39, 0.29) is 16.7 Å². The summed E-state index contributed by atoms with van der Waals surface area (Å²) in [5, 5.41) is 0. The monoisotopic (exact) mass is 394 g/mol. The van der Waals surface area contributed by atoms with E-state index in [1.807, 2.05) is 24.3 Å². The number of hydrogen-bond acceptors (Lipinski definition) is 3. The third-order valence-corrected chi connectivity index (χ3v) is 4.73. The van der Waals surface area contributed by atoms with Crippen LogP contribution in [-0.4, -0.2) is 29.9 Å². The summed E-state index contributed by atoms with van der Waals surface area (Å²) in [5.41, 5.74) is 3.98. The van der Waals surface area contributed by atoms with Gasteiger partial charge in [-0.05, 0) is 40.7 Å². The number of benzene rings is 1. The van der Waals surface area contributed by atoms with Crippen molar-refractivity contribution >= 4 is 12.0 Å². The number of rotatable bonds is 5. The van der Waals surface area contributed by atoms with Crippen LogP contribution in [0.25, 0.3) is 6.08 Å². The van der Waals surface area contributed by atoms with Crippen molar-refractivity contribution in [1.82, 2.24) is 9.88 Å². The second kappa shape index (κ2) is 8.81. The van der Waals surface area contributed by atoms with Crippen molar-refractivity contribution in [3.8, 4) is 5.75 Å². The molecule has 1 aromatic carbocycles. The van der Waals surface area contributed by atoms with Gasteiger partial charge in [0.05, 0.1) is 5.69 Å². The lowest BCUT2D eigenvalue weighted by Crippen LogP contribution is -2.20. The van der Waals surface area contributed by atoms with Crippen LogP contribution in [0, 0.1) is 0 Å². The predicted molar refractivity (Wildman–Crippen MR) is 120 cm³/mol. The Morgan fingerprint density at radius 1 is 1.07 bits per heavy atom. The highest BCUT2D eigenvalue weighted by atomic mass is 16.5. The standard InChI is InChI=1S/C25H34N2O2/c1-24(2,3)19-15-18(12-13-22(28)27(7)8)23(21(16-19)25(4,5)6)29-17-20-11-9-10-14-26-20/h9-16H,17H2,1-8H3/b13-12+. The molecule has 0 unspecified atom stereocenters. The number of hydrogen-bond donors (Lipinski definition) is 0. The third kappa shape index (κ3) is 6.18. The fraction of sp³-hybridized carbons (Fsp3) is 0.440. The van der Waals surface area contributed by atoms with Crippen LogP contribution in [0.3, 0.4) is 0 Å². The molecule has 156 valence electrons. The number of aromatic nitrogens is 1. The van der Waals surface area contributed by atoms with Crippen molar-refractivity contribution < 1.29 is 9.53 Å². The van der Waals surface area contributed by atoms with Crippen molar-refractivity contribution in [3.63, 3.8) is 0 Å². The van der Waals surface area contributed by atoms with E-state index in [0.29, 0.717) is 6.61 Å². The molecule has 0 spiro atoms. The number of nitrogens with zero attached hydrogens (tertiary/aromatic N) is 2. The van der Waals surface area contributed by atoms with Crippen molar-refractivity contribution in [1.29, 1.82) is 0 Å². The lowest BCUT2D eigenvalue weighted by molar-refractivity contribution is -0.123. The van der Waals surface area contributed by atoms with Crippen molar-refractivity contribution in [2.24, 2.45) is 0 Å². The molecule has 0 saturated carbocycles. The zero-order chi connectivity index (χ0) is 21.8. The van der Waals surface area contributed by atoms with Gasteiger partial charge >= 0.3 is 0 Å². The molecule has 0 atom stereocenters. The van der Waals surface area contributed by atoms with Gasteiger partial charge in [0, 0.05) is 37.5 Å². The Kier molecular flexibility index (Phi) is 6.89. The molecule has 0 fully saturated rings. The fourth-order valence-electron chi connectivity index (χ4n) is 2.87. The summed E-state index contributed by atoms with van der Waals surface area (Å²) < 4.78 is 6.30. The summed E-state index contributed by atoms with van der Waals surface area (Å²) in [7, 11) is 3.49. The van der Waals surface area contributed by atoms with Crippen LogP contribution in [0.1, 0.15) is 63.9 Å². The minimum Gasteiger partial charge on any atom is -0.486 e. The molecule has 2 aromatic rings. The van der Waals surface area contributed by atoms with Crippen LogP contribution < -0.4 is 4.74 Å². The summed E-state index contributed by atoms with van der Waals surface area (Å²) in [6.07, 6.45) is 5.23. The first-order chi connectivity index (χ1) is 13.4. The van der Waals surface area contributed by atoms with E-state index in [0.717, 1.165) is 22.6 Å². The number of pyridine rings is 1. The first-order valence-corrected chi connectivity index (χ1v) is 10.0. The van der Waals surface area contributed by atoms with Gasteiger partial charge in [-0.15, -0.1) is 0 Å². The smallest absolute Gasteiger partial charge is 0.246 e. The molecule has 1 heterocycles. The van der Waals surface area contributed by atoms with Crippen molar-refractivity contribution in [2.45, 2.75) is 59.0 Å². The number of carbonyl (C=O) groups excluding carboxylic acids is 1. The number of likely N-dealkylation sites (N-methyl/N-ethyl adjacent to an activating group) is 1. The van der Waals surface area contributed by atoms with Crippen molar-refractivity contribution in [3.05, 3.63) is 65.0 Å². The first kappa shape index (κ1) is 22.7. The summed E-state index contributed by atoms with van der Waals surface area (Å²) >= 11 is 0. The number of ether oxygens (including phenoxy) is 1. The minimum atomic E-state index is -0.116. The molecule has 0 aliphatic carbocycles. The largest absolute Gasteiger partial charge is 0.486 e. The van der Waals surface area contributed by atoms with Gasteiger partial charge in [-0.3, -0.25) is 9.78 Å². The van der Waals surface area contributed by atoms with E-state index in [1.54, 1.807) is 31.3 Å². The molecule has 0 N–H and O–H groups in total. The van der Waals surface area contributed by atoms with Gasteiger partial charge in [-0.1, -0.05) is 53.7 Å². The highest BCUT2D eigenvalue weighted by Gasteiger charge is 2.25. The average molecular weight is 395 g/mol. The van der Waals surface area contributed by atoms with Gasteiger partial charge in [-0.2, -0.15) is 0 Å². The zero-order valence-electron chi connectivity index (χ0n) is 19.0. The number of carbonyl (C=O) groups is 1. The SMILES string of the molecule is CN(C)C(=O)/C=C/c1cc(C(C)(C)C)cc(C(C)(C)C)c1OCc1ccccn1. The van der Waals surface area contributed by atoms with E-state index < -0.39 is 0 Å². The normalized spacial score (nSPS) is 12.3. The van der Waals surface area contributed by atoms with Crippen molar-refractivity contribution in [2.75, 3.05) is 14.1 Å². The van der Waals surface area contributed by atoms with Gasteiger partial charge in [0.25, 0.3) is 0 Å². The van der Waals surface area contributed by atoms with Crippen LogP contribution in [0.15, 0.2) is 42.6 Å². The Bertz CT molecular complexity index is 870. The summed E-state index contributed by atoms with van der Waals surface area (Å²) in [5.74, 6) is 0.748. The molecule has 29 heavy (non-hydrogen) atoms. The highest BCUT2D eigenvalue weighted by Crippen LogP contribution is 2.39. The molecule has 0 aliphatic heterocycles. The van der Waals surface area contributed by atoms with Crippen LogP contribution in [-0.2, 0) is 22.2 Å². The summed E-state index contributed by atoms with van der Waals surface area (Å²) in [4.78, 5) is 18.1. The zero-order valence-corrected chi connectivity index (χ0v) is 19.0. The molecule has 0 saturated heterocycles. The Hall–Kier alpha value is -2.62. The van der Waals surface area contributed by atoms with Crippen LogP contribution in [0.2, 0.25) is 0 Å². The van der Waals surface area contributed by atoms with Crippen LogP contribution in [0.5, 0.6) is 5.75 Å². The second-order valence-electron chi connectivity index (χ2n) is 9.62. The quantitative estimate of drug-likeness (QED) is 0.641. The minimum absolute atomic E-state index is 0.0202. The maximum Gasteiger partial charge on any atom is 0.246 e.